The maximum atomic E-state index is 4.82. The van der Waals surface area contributed by atoms with Gasteiger partial charge in [-0.25, -0.2) is 0 Å². The topological polar surface area (TPSA) is 12.4 Å². The molecule has 98 valence electrons. The van der Waals surface area contributed by atoms with E-state index in [2.05, 4.69) is 58.9 Å². The van der Waals surface area contributed by atoms with Gasteiger partial charge in [0.1, 0.15) is 0 Å². The first-order valence-corrected chi connectivity index (χ1v) is 6.78. The number of nitrogens with zero attached hydrogens (tertiary/aromatic N) is 1. The molecule has 1 rings (SSSR count). The summed E-state index contributed by atoms with van der Waals surface area (Å²) in [5.74, 6) is 1.00. The molecule has 0 radical (unpaired) electrons. The summed E-state index contributed by atoms with van der Waals surface area (Å²) in [5, 5.41) is 0. The van der Waals surface area contributed by atoms with Gasteiger partial charge >= 0.3 is 0 Å². The van der Waals surface area contributed by atoms with E-state index in [4.69, 9.17) is 4.99 Å². The Balaban J connectivity index is 3.40. The van der Waals surface area contributed by atoms with Crippen LogP contribution in [0.15, 0.2) is 35.3 Å². The largest absolute Gasteiger partial charge is 0.253 e. The Labute approximate surface area is 112 Å². The highest BCUT2D eigenvalue weighted by atomic mass is 14.8. The third kappa shape index (κ3) is 3.56. The van der Waals surface area contributed by atoms with Crippen molar-refractivity contribution in [2.45, 2.75) is 53.4 Å². The van der Waals surface area contributed by atoms with Crippen LogP contribution in [0.3, 0.4) is 0 Å². The number of allylic oxidation sites excluding steroid dienone is 2. The lowest BCUT2D eigenvalue weighted by Gasteiger charge is -2.16. The first kappa shape index (κ1) is 14.7. The number of benzene rings is 1. The van der Waals surface area contributed by atoms with Gasteiger partial charge in [0.2, 0.25) is 0 Å². The molecule has 18 heavy (non-hydrogen) atoms. The lowest BCUT2D eigenvalue weighted by molar-refractivity contribution is 0.834. The summed E-state index contributed by atoms with van der Waals surface area (Å²) in [6.07, 6.45) is 4.09. The van der Waals surface area contributed by atoms with Crippen molar-refractivity contribution < 1.29 is 0 Å². The van der Waals surface area contributed by atoms with Gasteiger partial charge in [-0.05, 0) is 42.9 Å². The Morgan fingerprint density at radius 1 is 1.06 bits per heavy atom. The number of aliphatic imine (C=N–C) groups is 1. The minimum absolute atomic E-state index is 0.501. The SMILES string of the molecule is CC=CC(C)=Nc1c(C(C)C)cccc1C(C)C. The number of hydrogen-bond donors (Lipinski definition) is 0. The van der Waals surface area contributed by atoms with Crippen molar-refractivity contribution in [3.05, 3.63) is 41.5 Å². The minimum Gasteiger partial charge on any atom is -0.253 e. The van der Waals surface area contributed by atoms with E-state index in [0.29, 0.717) is 11.8 Å². The predicted octanol–water partition coefficient (Wildman–Crippen LogP) is 5.60. The Bertz CT molecular complexity index is 424. The molecule has 1 nitrogen and oxygen atoms in total. The van der Waals surface area contributed by atoms with E-state index in [-0.39, 0.29) is 0 Å². The van der Waals surface area contributed by atoms with E-state index < -0.39 is 0 Å². The summed E-state index contributed by atoms with van der Waals surface area (Å²) in [7, 11) is 0. The van der Waals surface area contributed by atoms with E-state index in [9.17, 15) is 0 Å². The van der Waals surface area contributed by atoms with Gasteiger partial charge in [-0.3, -0.25) is 4.99 Å². The molecule has 0 aromatic heterocycles. The molecule has 0 amide bonds. The molecule has 0 aliphatic rings. The van der Waals surface area contributed by atoms with E-state index in [1.807, 2.05) is 13.0 Å². The fraction of sp³-hybridized carbons (Fsp3) is 0.471. The molecule has 0 saturated heterocycles. The molecule has 0 unspecified atom stereocenters. The zero-order valence-electron chi connectivity index (χ0n) is 12.5. The van der Waals surface area contributed by atoms with E-state index in [0.717, 1.165) is 11.4 Å². The molecule has 0 N–H and O–H groups in total. The maximum Gasteiger partial charge on any atom is 0.0701 e. The quantitative estimate of drug-likeness (QED) is 0.610. The Hall–Kier alpha value is -1.37. The van der Waals surface area contributed by atoms with Crippen molar-refractivity contribution in [3.8, 4) is 0 Å². The zero-order chi connectivity index (χ0) is 13.7. The molecule has 0 bridgehead atoms. The van der Waals surface area contributed by atoms with Crippen molar-refractivity contribution >= 4 is 11.4 Å². The normalized spacial score (nSPS) is 13.0. The molecule has 1 heteroatoms. The first-order chi connectivity index (χ1) is 8.47. The lowest BCUT2D eigenvalue weighted by Crippen LogP contribution is -1.97. The molecule has 0 aliphatic carbocycles. The van der Waals surface area contributed by atoms with Crippen molar-refractivity contribution in [2.24, 2.45) is 4.99 Å². The van der Waals surface area contributed by atoms with Gasteiger partial charge in [0.05, 0.1) is 5.69 Å². The van der Waals surface area contributed by atoms with Gasteiger partial charge in [0.15, 0.2) is 0 Å². The fourth-order valence-corrected chi connectivity index (χ4v) is 2.10. The summed E-state index contributed by atoms with van der Waals surface area (Å²) < 4.78 is 0. The van der Waals surface area contributed by atoms with Crippen LogP contribution in [0.1, 0.15) is 64.5 Å². The highest BCUT2D eigenvalue weighted by Crippen LogP contribution is 2.34. The van der Waals surface area contributed by atoms with E-state index in [1.54, 1.807) is 0 Å². The molecule has 0 aliphatic heterocycles. The molecule has 0 atom stereocenters. The molecular formula is C17H25N. The lowest BCUT2D eigenvalue weighted by atomic mass is 9.93. The maximum absolute atomic E-state index is 4.82. The van der Waals surface area contributed by atoms with Crippen LogP contribution in [0.2, 0.25) is 0 Å². The van der Waals surface area contributed by atoms with Crippen LogP contribution in [0.25, 0.3) is 0 Å². The van der Waals surface area contributed by atoms with Crippen LogP contribution in [0.4, 0.5) is 5.69 Å². The van der Waals surface area contributed by atoms with Crippen molar-refractivity contribution in [3.63, 3.8) is 0 Å². The number of para-hydroxylation sites is 1. The average Bonchev–Trinajstić information content (AvgIpc) is 2.28. The molecule has 0 fully saturated rings. The fourth-order valence-electron chi connectivity index (χ4n) is 2.10. The summed E-state index contributed by atoms with van der Waals surface area (Å²) in [4.78, 5) is 4.82. The highest BCUT2D eigenvalue weighted by Gasteiger charge is 2.12. The van der Waals surface area contributed by atoms with Crippen molar-refractivity contribution in [1.29, 1.82) is 0 Å². The summed E-state index contributed by atoms with van der Waals surface area (Å²) in [5.41, 5.74) is 4.90. The van der Waals surface area contributed by atoms with E-state index >= 15 is 0 Å². The van der Waals surface area contributed by atoms with Gasteiger partial charge in [0.25, 0.3) is 0 Å². The van der Waals surface area contributed by atoms with Gasteiger partial charge in [-0.15, -0.1) is 0 Å². The average molecular weight is 243 g/mol. The van der Waals surface area contributed by atoms with Crippen LogP contribution in [0, 0.1) is 0 Å². The van der Waals surface area contributed by atoms with Crippen LogP contribution in [0.5, 0.6) is 0 Å². The summed E-state index contributed by atoms with van der Waals surface area (Å²) in [6, 6.07) is 6.53. The molecule has 1 aromatic carbocycles. The van der Waals surface area contributed by atoms with Crippen molar-refractivity contribution in [1.82, 2.24) is 0 Å². The third-order valence-corrected chi connectivity index (χ3v) is 3.04. The molecule has 0 spiro atoms. The Kier molecular flexibility index (Phi) is 5.33. The second kappa shape index (κ2) is 6.53. The Morgan fingerprint density at radius 3 is 1.94 bits per heavy atom. The van der Waals surface area contributed by atoms with Crippen LogP contribution < -0.4 is 0 Å². The Morgan fingerprint density at radius 2 is 1.56 bits per heavy atom. The van der Waals surface area contributed by atoms with Crippen LogP contribution in [-0.4, -0.2) is 5.71 Å². The monoisotopic (exact) mass is 243 g/mol. The molecule has 0 saturated carbocycles. The predicted molar refractivity (Wildman–Crippen MR) is 82.2 cm³/mol. The van der Waals surface area contributed by atoms with Crippen LogP contribution >= 0.6 is 0 Å². The van der Waals surface area contributed by atoms with Gasteiger partial charge in [0, 0.05) is 5.71 Å². The smallest absolute Gasteiger partial charge is 0.0701 e. The minimum atomic E-state index is 0.501. The van der Waals surface area contributed by atoms with E-state index in [1.165, 1.54) is 11.1 Å². The standard InChI is InChI=1S/C17H25N/c1-7-9-14(6)18-17-15(12(2)3)10-8-11-16(17)13(4)5/h7-13H,1-6H3. The second-order valence-electron chi connectivity index (χ2n) is 5.35. The van der Waals surface area contributed by atoms with Crippen LogP contribution in [-0.2, 0) is 0 Å². The second-order valence-corrected chi connectivity index (χ2v) is 5.35. The van der Waals surface area contributed by atoms with Gasteiger partial charge in [-0.2, -0.15) is 0 Å². The summed E-state index contributed by atoms with van der Waals surface area (Å²) in [6.45, 7) is 13.0. The van der Waals surface area contributed by atoms with Gasteiger partial charge in [-0.1, -0.05) is 52.0 Å². The molecule has 1 aromatic rings. The van der Waals surface area contributed by atoms with Gasteiger partial charge < -0.3 is 0 Å². The highest BCUT2D eigenvalue weighted by molar-refractivity contribution is 5.95. The number of hydrogen-bond acceptors (Lipinski definition) is 1. The summed E-state index contributed by atoms with van der Waals surface area (Å²) >= 11 is 0. The molecular weight excluding hydrogens is 218 g/mol. The zero-order valence-corrected chi connectivity index (χ0v) is 12.5. The van der Waals surface area contributed by atoms with Crippen molar-refractivity contribution in [2.75, 3.05) is 0 Å². The number of rotatable bonds is 4. The third-order valence-electron chi connectivity index (χ3n) is 3.04. The first-order valence-electron chi connectivity index (χ1n) is 6.78. The molecule has 0 heterocycles.